The number of hydrogen-bond donors (Lipinski definition) is 2. The van der Waals surface area contributed by atoms with E-state index in [1.54, 1.807) is 18.5 Å². The predicted octanol–water partition coefficient (Wildman–Crippen LogP) is 3.21. The number of nitrogens with two attached hydrogens (primary N) is 1. The Hall–Kier alpha value is -3.19. The Labute approximate surface area is 164 Å². The van der Waals surface area contributed by atoms with Gasteiger partial charge >= 0.3 is 0 Å². The third kappa shape index (κ3) is 4.75. The van der Waals surface area contributed by atoms with Crippen molar-refractivity contribution in [1.29, 1.82) is 0 Å². The number of carbonyl (C=O) groups excluding carboxylic acids is 1. The fourth-order valence-corrected chi connectivity index (χ4v) is 3.71. The zero-order valence-electron chi connectivity index (χ0n) is 15.4. The monoisotopic (exact) mass is 395 g/mol. The van der Waals surface area contributed by atoms with Gasteiger partial charge in [0.2, 0.25) is 15.9 Å². The lowest BCUT2D eigenvalue weighted by molar-refractivity contribution is -0.117. The topological polar surface area (TPSA) is 102 Å². The van der Waals surface area contributed by atoms with E-state index in [-0.39, 0.29) is 6.42 Å². The normalized spacial score (nSPS) is 11.2. The summed E-state index contributed by atoms with van der Waals surface area (Å²) in [6.45, 7) is 0. The molecule has 0 unspecified atom stereocenters. The van der Waals surface area contributed by atoms with Gasteiger partial charge in [0, 0.05) is 29.9 Å². The lowest BCUT2D eigenvalue weighted by Crippen LogP contribution is -2.15. The third-order valence-electron chi connectivity index (χ3n) is 4.28. The van der Waals surface area contributed by atoms with Gasteiger partial charge in [-0.05, 0) is 29.2 Å². The highest BCUT2D eigenvalue weighted by molar-refractivity contribution is 7.92. The quantitative estimate of drug-likeness (QED) is 0.641. The lowest BCUT2D eigenvalue weighted by atomic mass is 9.91. The van der Waals surface area contributed by atoms with Crippen LogP contribution < -0.4 is 10.5 Å². The first-order chi connectivity index (χ1) is 13.3. The molecule has 0 aliphatic carbocycles. The zero-order chi connectivity index (χ0) is 20.1. The molecule has 0 fully saturated rings. The van der Waals surface area contributed by atoms with E-state index in [9.17, 15) is 13.2 Å². The van der Waals surface area contributed by atoms with Crippen LogP contribution in [0.25, 0.3) is 22.3 Å². The standard InChI is InChI=1S/C21H21N3O3S/c1-28(26,27)24-21-18(16-8-5-13-23-14-16)10-9-17(15-6-3-2-4-7-15)19(21)11-12-20(22)25/h2-10,13-14,24H,11-12H2,1H3,(H2,22,25). The number of hydrogen-bond acceptors (Lipinski definition) is 4. The van der Waals surface area contributed by atoms with E-state index in [1.807, 2.05) is 48.5 Å². The number of amides is 1. The maximum atomic E-state index is 12.1. The van der Waals surface area contributed by atoms with E-state index in [4.69, 9.17) is 5.73 Å². The highest BCUT2D eigenvalue weighted by Crippen LogP contribution is 2.38. The van der Waals surface area contributed by atoms with E-state index >= 15 is 0 Å². The van der Waals surface area contributed by atoms with Crippen molar-refractivity contribution in [1.82, 2.24) is 4.98 Å². The Kier molecular flexibility index (Phi) is 5.75. The number of nitrogens with zero attached hydrogens (tertiary/aromatic N) is 1. The average molecular weight is 395 g/mol. The summed E-state index contributed by atoms with van der Waals surface area (Å²) in [4.78, 5) is 15.6. The Morgan fingerprint density at radius 2 is 1.68 bits per heavy atom. The first kappa shape index (κ1) is 19.6. The second-order valence-electron chi connectivity index (χ2n) is 6.46. The first-order valence-corrected chi connectivity index (χ1v) is 10.6. The molecule has 0 spiro atoms. The third-order valence-corrected chi connectivity index (χ3v) is 4.85. The summed E-state index contributed by atoms with van der Waals surface area (Å²) < 4.78 is 26.9. The molecule has 0 saturated carbocycles. The number of sulfonamides is 1. The van der Waals surface area contributed by atoms with Crippen LogP contribution in [0.1, 0.15) is 12.0 Å². The van der Waals surface area contributed by atoms with Gasteiger partial charge < -0.3 is 5.73 Å². The Morgan fingerprint density at radius 3 is 2.29 bits per heavy atom. The summed E-state index contributed by atoms with van der Waals surface area (Å²) in [5.41, 5.74) is 9.77. The fraction of sp³-hybridized carbons (Fsp3) is 0.143. The van der Waals surface area contributed by atoms with E-state index in [0.717, 1.165) is 28.5 Å². The van der Waals surface area contributed by atoms with Crippen molar-refractivity contribution in [2.24, 2.45) is 5.73 Å². The summed E-state index contributed by atoms with van der Waals surface area (Å²) >= 11 is 0. The van der Waals surface area contributed by atoms with Gasteiger partial charge in [0.15, 0.2) is 0 Å². The molecule has 3 aromatic rings. The molecule has 3 rings (SSSR count). The van der Waals surface area contributed by atoms with Gasteiger partial charge in [-0.2, -0.15) is 0 Å². The molecule has 3 N–H and O–H groups in total. The van der Waals surface area contributed by atoms with Crippen molar-refractivity contribution in [3.63, 3.8) is 0 Å². The predicted molar refractivity (Wildman–Crippen MR) is 111 cm³/mol. The highest BCUT2D eigenvalue weighted by atomic mass is 32.2. The van der Waals surface area contributed by atoms with Crippen LogP contribution >= 0.6 is 0 Å². The van der Waals surface area contributed by atoms with Crippen LogP contribution in [0.2, 0.25) is 0 Å². The number of carbonyl (C=O) groups is 1. The maximum absolute atomic E-state index is 12.1. The Bertz CT molecular complexity index is 1080. The maximum Gasteiger partial charge on any atom is 0.229 e. The SMILES string of the molecule is CS(=O)(=O)Nc1c(-c2cccnc2)ccc(-c2ccccc2)c1CCC(N)=O. The lowest BCUT2D eigenvalue weighted by Gasteiger charge is -2.20. The first-order valence-electron chi connectivity index (χ1n) is 8.73. The molecule has 2 aromatic carbocycles. The minimum atomic E-state index is -3.55. The molecule has 0 atom stereocenters. The molecule has 6 nitrogen and oxygen atoms in total. The molecule has 1 amide bonds. The van der Waals surface area contributed by atoms with Crippen molar-refractivity contribution in [2.45, 2.75) is 12.8 Å². The van der Waals surface area contributed by atoms with Crippen LogP contribution in [-0.2, 0) is 21.2 Å². The number of primary amides is 1. The summed E-state index contributed by atoms with van der Waals surface area (Å²) in [5.74, 6) is -0.448. The van der Waals surface area contributed by atoms with Gasteiger partial charge in [0.1, 0.15) is 0 Å². The van der Waals surface area contributed by atoms with Gasteiger partial charge in [-0.3, -0.25) is 14.5 Å². The number of anilines is 1. The number of rotatable bonds is 7. The molecule has 1 heterocycles. The second kappa shape index (κ2) is 8.22. The van der Waals surface area contributed by atoms with E-state index in [1.165, 1.54) is 0 Å². The van der Waals surface area contributed by atoms with Crippen LogP contribution in [0.15, 0.2) is 67.0 Å². The largest absolute Gasteiger partial charge is 0.370 e. The number of nitrogens with one attached hydrogen (secondary N) is 1. The van der Waals surface area contributed by atoms with Crippen molar-refractivity contribution >= 4 is 21.6 Å². The molecule has 28 heavy (non-hydrogen) atoms. The molecule has 0 aliphatic heterocycles. The van der Waals surface area contributed by atoms with Gasteiger partial charge in [-0.15, -0.1) is 0 Å². The van der Waals surface area contributed by atoms with Gasteiger partial charge in [-0.1, -0.05) is 48.5 Å². The smallest absolute Gasteiger partial charge is 0.229 e. The van der Waals surface area contributed by atoms with Gasteiger partial charge in [-0.25, -0.2) is 8.42 Å². The fourth-order valence-electron chi connectivity index (χ4n) is 3.11. The molecule has 0 saturated heterocycles. The minimum Gasteiger partial charge on any atom is -0.370 e. The van der Waals surface area contributed by atoms with Crippen LogP contribution in [-0.4, -0.2) is 25.6 Å². The minimum absolute atomic E-state index is 0.106. The highest BCUT2D eigenvalue weighted by Gasteiger charge is 2.19. The van der Waals surface area contributed by atoms with Gasteiger partial charge in [0.05, 0.1) is 11.9 Å². The molecule has 0 radical (unpaired) electrons. The molecule has 0 bridgehead atoms. The van der Waals surface area contributed by atoms with Crippen LogP contribution in [0.3, 0.4) is 0 Å². The summed E-state index contributed by atoms with van der Waals surface area (Å²) in [6.07, 6.45) is 4.84. The van der Waals surface area contributed by atoms with Crippen LogP contribution in [0.4, 0.5) is 5.69 Å². The number of aromatic nitrogens is 1. The number of benzene rings is 2. The van der Waals surface area contributed by atoms with E-state index < -0.39 is 15.9 Å². The molecular formula is C21H21N3O3S. The van der Waals surface area contributed by atoms with E-state index in [2.05, 4.69) is 9.71 Å². The van der Waals surface area contributed by atoms with Crippen LogP contribution in [0, 0.1) is 0 Å². The zero-order valence-corrected chi connectivity index (χ0v) is 16.2. The van der Waals surface area contributed by atoms with Crippen molar-refractivity contribution < 1.29 is 13.2 Å². The van der Waals surface area contributed by atoms with Crippen molar-refractivity contribution in [2.75, 3.05) is 11.0 Å². The molecular weight excluding hydrogens is 374 g/mol. The number of pyridine rings is 1. The summed E-state index contributed by atoms with van der Waals surface area (Å²) in [5, 5.41) is 0. The summed E-state index contributed by atoms with van der Waals surface area (Å²) in [6, 6.07) is 17.0. The summed E-state index contributed by atoms with van der Waals surface area (Å²) in [7, 11) is -3.55. The van der Waals surface area contributed by atoms with Crippen molar-refractivity contribution in [3.8, 4) is 22.3 Å². The molecule has 144 valence electrons. The molecule has 1 aromatic heterocycles. The Balaban J connectivity index is 2.28. The van der Waals surface area contributed by atoms with Crippen LogP contribution in [0.5, 0.6) is 0 Å². The van der Waals surface area contributed by atoms with E-state index in [0.29, 0.717) is 17.7 Å². The second-order valence-corrected chi connectivity index (χ2v) is 8.21. The average Bonchev–Trinajstić information content (AvgIpc) is 2.66. The van der Waals surface area contributed by atoms with Gasteiger partial charge in [0.25, 0.3) is 0 Å². The molecule has 7 heteroatoms. The Morgan fingerprint density at radius 1 is 1.00 bits per heavy atom. The van der Waals surface area contributed by atoms with Crippen molar-refractivity contribution in [3.05, 3.63) is 72.6 Å². The molecule has 0 aliphatic rings.